The minimum Gasteiger partial charge on any atom is -0.307 e. The van der Waals surface area contributed by atoms with E-state index in [0.717, 1.165) is 22.3 Å². The summed E-state index contributed by atoms with van der Waals surface area (Å²) in [5.74, 6) is 0. The molecule has 0 atom stereocenters. The number of anilines is 1. The van der Waals surface area contributed by atoms with Gasteiger partial charge in [0, 0.05) is 22.2 Å². The van der Waals surface area contributed by atoms with Crippen molar-refractivity contribution < 1.29 is 13.2 Å². The molecule has 0 saturated heterocycles. The number of carbonyl (C=O) groups is 1. The minimum absolute atomic E-state index is 0.0145. The number of hydrogen-bond acceptors (Lipinski definition) is 3. The summed E-state index contributed by atoms with van der Waals surface area (Å²) in [4.78, 5) is 12.5. The molecule has 0 fully saturated rings. The molecule has 0 bridgehead atoms. The fourth-order valence-electron chi connectivity index (χ4n) is 2.96. The van der Waals surface area contributed by atoms with Gasteiger partial charge in [-0.3, -0.25) is 0 Å². The van der Waals surface area contributed by atoms with Crippen molar-refractivity contribution in [2.24, 2.45) is 0 Å². The van der Waals surface area contributed by atoms with Gasteiger partial charge in [-0.05, 0) is 60.9 Å². The Kier molecular flexibility index (Phi) is 6.71. The smallest absolute Gasteiger partial charge is 0.307 e. The molecule has 156 valence electrons. The number of sulfonamides is 1. The maximum Gasteiger partial charge on any atom is 0.333 e. The van der Waals surface area contributed by atoms with Crippen molar-refractivity contribution in [1.82, 2.24) is 4.72 Å². The van der Waals surface area contributed by atoms with Crippen LogP contribution in [0.3, 0.4) is 0 Å². The van der Waals surface area contributed by atoms with Crippen LogP contribution in [0.2, 0.25) is 10.0 Å². The lowest BCUT2D eigenvalue weighted by molar-refractivity contribution is 0.256. The molecule has 0 spiro atoms. The molecule has 0 radical (unpaired) electrons. The summed E-state index contributed by atoms with van der Waals surface area (Å²) >= 11 is 12.3. The second kappa shape index (κ2) is 9.08. The van der Waals surface area contributed by atoms with Gasteiger partial charge < -0.3 is 5.32 Å². The number of urea groups is 1. The summed E-state index contributed by atoms with van der Waals surface area (Å²) in [6.07, 6.45) is 0.447. The van der Waals surface area contributed by atoms with Gasteiger partial charge in [0.1, 0.15) is 0 Å². The van der Waals surface area contributed by atoms with Crippen LogP contribution in [0, 0.1) is 13.8 Å². The lowest BCUT2D eigenvalue weighted by atomic mass is 9.98. The van der Waals surface area contributed by atoms with E-state index in [1.54, 1.807) is 36.4 Å². The molecule has 0 aliphatic carbocycles. The fraction of sp³-hybridized carbons (Fsp3) is 0.136. The molecule has 8 heteroatoms. The first-order valence-corrected chi connectivity index (χ1v) is 11.3. The quantitative estimate of drug-likeness (QED) is 0.509. The molecule has 0 aliphatic heterocycles. The van der Waals surface area contributed by atoms with Crippen molar-refractivity contribution >= 4 is 44.9 Å². The number of hydrogen-bond donors (Lipinski definition) is 2. The van der Waals surface area contributed by atoms with E-state index in [9.17, 15) is 13.2 Å². The van der Waals surface area contributed by atoms with Crippen LogP contribution in [0.1, 0.15) is 22.3 Å². The lowest BCUT2D eigenvalue weighted by Crippen LogP contribution is -2.34. The van der Waals surface area contributed by atoms with Crippen LogP contribution >= 0.6 is 23.2 Å². The predicted octanol–water partition coefficient (Wildman–Crippen LogP) is 5.71. The van der Waals surface area contributed by atoms with Gasteiger partial charge in [-0.25, -0.2) is 17.9 Å². The van der Waals surface area contributed by atoms with E-state index in [0.29, 0.717) is 22.2 Å². The van der Waals surface area contributed by atoms with Crippen molar-refractivity contribution in [3.63, 3.8) is 0 Å². The first-order chi connectivity index (χ1) is 14.2. The summed E-state index contributed by atoms with van der Waals surface area (Å²) in [5, 5.41) is 3.69. The molecule has 5 nitrogen and oxygen atoms in total. The third-order valence-corrected chi connectivity index (χ3v) is 6.53. The fourth-order valence-corrected chi connectivity index (χ4v) is 4.34. The first-order valence-electron chi connectivity index (χ1n) is 9.08. The van der Waals surface area contributed by atoms with Crippen LogP contribution in [0.5, 0.6) is 0 Å². The van der Waals surface area contributed by atoms with Crippen LogP contribution in [-0.4, -0.2) is 14.4 Å². The van der Waals surface area contributed by atoms with Crippen LogP contribution in [-0.2, 0) is 16.4 Å². The maximum atomic E-state index is 12.5. The largest absolute Gasteiger partial charge is 0.333 e. The molecule has 2 amide bonds. The van der Waals surface area contributed by atoms with Crippen LogP contribution in [0.15, 0.2) is 65.6 Å². The van der Waals surface area contributed by atoms with E-state index < -0.39 is 16.1 Å². The highest BCUT2D eigenvalue weighted by atomic mass is 35.5. The topological polar surface area (TPSA) is 75.3 Å². The van der Waals surface area contributed by atoms with Crippen molar-refractivity contribution in [2.75, 3.05) is 5.32 Å². The van der Waals surface area contributed by atoms with E-state index in [1.165, 1.54) is 12.1 Å². The molecule has 0 aromatic heterocycles. The van der Waals surface area contributed by atoms with Gasteiger partial charge >= 0.3 is 6.03 Å². The Labute approximate surface area is 186 Å². The predicted molar refractivity (Wildman–Crippen MR) is 121 cm³/mol. The van der Waals surface area contributed by atoms with E-state index in [4.69, 9.17) is 23.2 Å². The third-order valence-electron chi connectivity index (χ3n) is 4.60. The van der Waals surface area contributed by atoms with E-state index in [-0.39, 0.29) is 4.90 Å². The summed E-state index contributed by atoms with van der Waals surface area (Å²) in [5.41, 5.74) is 4.01. The van der Waals surface area contributed by atoms with Crippen molar-refractivity contribution in [1.29, 1.82) is 0 Å². The van der Waals surface area contributed by atoms with Gasteiger partial charge in [0.25, 0.3) is 10.0 Å². The zero-order chi connectivity index (χ0) is 21.9. The Hall–Kier alpha value is -2.54. The molecule has 3 aromatic carbocycles. The highest BCUT2D eigenvalue weighted by molar-refractivity contribution is 7.90. The zero-order valence-electron chi connectivity index (χ0n) is 16.4. The number of aryl methyl sites for hydroxylation is 2. The summed E-state index contributed by atoms with van der Waals surface area (Å²) in [6.45, 7) is 3.76. The van der Waals surface area contributed by atoms with Gasteiger partial charge in [-0.15, -0.1) is 0 Å². The molecule has 0 heterocycles. The summed E-state index contributed by atoms with van der Waals surface area (Å²) in [7, 11) is -3.99. The number of benzene rings is 3. The maximum absolute atomic E-state index is 12.5. The minimum atomic E-state index is -3.99. The zero-order valence-corrected chi connectivity index (χ0v) is 18.7. The van der Waals surface area contributed by atoms with Crippen molar-refractivity contribution in [3.05, 3.63) is 93.0 Å². The third kappa shape index (κ3) is 5.33. The van der Waals surface area contributed by atoms with Gasteiger partial charge in [-0.2, -0.15) is 0 Å². The molecule has 0 saturated carbocycles. The van der Waals surface area contributed by atoms with E-state index in [2.05, 4.69) is 5.32 Å². The Balaban J connectivity index is 1.82. The Morgan fingerprint density at radius 3 is 2.33 bits per heavy atom. The monoisotopic (exact) mass is 462 g/mol. The molecule has 0 aliphatic rings. The Morgan fingerprint density at radius 1 is 0.967 bits per heavy atom. The first kappa shape index (κ1) is 22.2. The molecule has 0 unspecified atom stereocenters. The molecular weight excluding hydrogens is 443 g/mol. The van der Waals surface area contributed by atoms with Crippen LogP contribution < -0.4 is 10.0 Å². The molecule has 2 N–H and O–H groups in total. The molecular formula is C22H20Cl2N2O3S. The van der Waals surface area contributed by atoms with Gasteiger partial charge in [0.2, 0.25) is 0 Å². The van der Waals surface area contributed by atoms with E-state index >= 15 is 0 Å². The number of halogens is 2. The second-order valence-corrected chi connectivity index (χ2v) is 9.41. The average Bonchev–Trinajstić information content (AvgIpc) is 2.66. The lowest BCUT2D eigenvalue weighted by Gasteiger charge is -2.15. The number of rotatable bonds is 5. The molecule has 3 aromatic rings. The highest BCUT2D eigenvalue weighted by Gasteiger charge is 2.19. The van der Waals surface area contributed by atoms with Gasteiger partial charge in [0.05, 0.1) is 4.90 Å². The summed E-state index contributed by atoms with van der Waals surface area (Å²) in [6, 6.07) is 16.0. The normalized spacial score (nSPS) is 11.2. The molecule has 30 heavy (non-hydrogen) atoms. The molecule has 3 rings (SSSR count). The van der Waals surface area contributed by atoms with Crippen molar-refractivity contribution in [2.45, 2.75) is 25.2 Å². The van der Waals surface area contributed by atoms with Crippen molar-refractivity contribution in [3.8, 4) is 0 Å². The van der Waals surface area contributed by atoms with Gasteiger partial charge in [-0.1, -0.05) is 59.1 Å². The Morgan fingerprint density at radius 2 is 1.67 bits per heavy atom. The highest BCUT2D eigenvalue weighted by Crippen LogP contribution is 2.28. The van der Waals surface area contributed by atoms with E-state index in [1.807, 2.05) is 30.7 Å². The average molecular weight is 463 g/mol. The Bertz CT molecular complexity index is 1190. The second-order valence-electron chi connectivity index (χ2n) is 6.89. The van der Waals surface area contributed by atoms with Gasteiger partial charge in [0.15, 0.2) is 0 Å². The standard InChI is InChI=1S/C22H20Cl2N2O3S/c1-14-6-10-18(11-7-14)30(28,29)26-22(27)25-21-5-3-4-15(2)19(21)12-16-8-9-17(23)13-20(16)24/h3-11,13H,12H2,1-2H3,(H2,25,26,27). The number of amides is 2. The van der Waals surface area contributed by atoms with Crippen LogP contribution in [0.4, 0.5) is 10.5 Å². The SMILES string of the molecule is Cc1ccc(S(=O)(=O)NC(=O)Nc2cccc(C)c2Cc2ccc(Cl)cc2Cl)cc1. The number of carbonyl (C=O) groups excluding carboxylic acids is 1. The summed E-state index contributed by atoms with van der Waals surface area (Å²) < 4.78 is 27.0. The number of nitrogens with one attached hydrogen (secondary N) is 2. The van der Waals surface area contributed by atoms with Crippen LogP contribution in [0.25, 0.3) is 0 Å².